The van der Waals surface area contributed by atoms with Gasteiger partial charge in [-0.2, -0.15) is 18.3 Å². The molecule has 1 aromatic carbocycles. The van der Waals surface area contributed by atoms with Crippen LogP contribution in [-0.2, 0) is 4.79 Å². The van der Waals surface area contributed by atoms with Gasteiger partial charge in [-0.25, -0.2) is 14.5 Å². The van der Waals surface area contributed by atoms with E-state index in [0.29, 0.717) is 5.56 Å². The van der Waals surface area contributed by atoms with Gasteiger partial charge in [-0.15, -0.1) is 0 Å². The first-order valence-electron chi connectivity index (χ1n) is 7.78. The maximum absolute atomic E-state index is 12.2. The number of halogens is 3. The van der Waals surface area contributed by atoms with Crippen LogP contribution >= 0.6 is 0 Å². The van der Waals surface area contributed by atoms with Crippen LogP contribution < -0.4 is 4.74 Å². The van der Waals surface area contributed by atoms with Crippen molar-refractivity contribution < 1.29 is 22.7 Å². The summed E-state index contributed by atoms with van der Waals surface area (Å²) in [7, 11) is 0. The number of aromatic amines is 1. The van der Waals surface area contributed by atoms with E-state index in [0.717, 1.165) is 22.3 Å². The summed E-state index contributed by atoms with van der Waals surface area (Å²) in [5.74, 6) is -2.44. The van der Waals surface area contributed by atoms with Crippen molar-refractivity contribution in [1.82, 2.24) is 19.7 Å². The van der Waals surface area contributed by atoms with Crippen LogP contribution in [0.2, 0.25) is 0 Å². The van der Waals surface area contributed by atoms with E-state index in [-0.39, 0.29) is 5.75 Å². The monoisotopic (exact) mass is 372 g/mol. The van der Waals surface area contributed by atoms with Crippen LogP contribution in [0.3, 0.4) is 0 Å². The molecule has 0 amide bonds. The van der Waals surface area contributed by atoms with Crippen molar-refractivity contribution in [3.8, 4) is 22.6 Å². The largest absolute Gasteiger partial charge is 0.491 e. The maximum atomic E-state index is 12.2. The van der Waals surface area contributed by atoms with Crippen LogP contribution in [-0.4, -0.2) is 31.9 Å². The molecule has 0 atom stereocenters. The zero-order valence-corrected chi connectivity index (χ0v) is 13.6. The van der Waals surface area contributed by atoms with Gasteiger partial charge in [-0.3, -0.25) is 0 Å². The van der Waals surface area contributed by atoms with Gasteiger partial charge in [0.2, 0.25) is 0 Å². The number of benzene rings is 1. The van der Waals surface area contributed by atoms with Crippen molar-refractivity contribution in [3.05, 3.63) is 61.2 Å². The molecule has 6 nitrogen and oxygen atoms in total. The number of hydrogen-bond acceptors (Lipinski definition) is 4. The molecule has 0 bridgehead atoms. The smallest absolute Gasteiger partial charge is 0.420 e. The summed E-state index contributed by atoms with van der Waals surface area (Å²) in [6, 6.07) is 9.42. The maximum Gasteiger partial charge on any atom is 0.491 e. The third kappa shape index (κ3) is 3.26. The number of H-pyrrole nitrogens is 1. The van der Waals surface area contributed by atoms with Crippen molar-refractivity contribution in [3.63, 3.8) is 0 Å². The number of aromatic nitrogens is 4. The molecule has 1 N–H and O–H groups in total. The molecule has 0 unspecified atom stereocenters. The molecule has 4 rings (SSSR count). The van der Waals surface area contributed by atoms with Crippen LogP contribution in [0.15, 0.2) is 61.2 Å². The first kappa shape index (κ1) is 16.8. The van der Waals surface area contributed by atoms with Gasteiger partial charge in [0.05, 0.1) is 11.9 Å². The van der Waals surface area contributed by atoms with E-state index < -0.39 is 12.1 Å². The topological polar surface area (TPSA) is 72.8 Å². The summed E-state index contributed by atoms with van der Waals surface area (Å²) < 4.78 is 42.7. The Morgan fingerprint density at radius 1 is 1.07 bits per heavy atom. The summed E-state index contributed by atoms with van der Waals surface area (Å²) in [6.45, 7) is 0. The minimum absolute atomic E-state index is 0.184. The van der Waals surface area contributed by atoms with Gasteiger partial charge in [0.25, 0.3) is 0 Å². The molecule has 3 aromatic heterocycles. The molecule has 0 radical (unpaired) electrons. The molecule has 0 saturated carbocycles. The molecular formula is C18H11F3N4O2. The van der Waals surface area contributed by atoms with Crippen LogP contribution in [0.25, 0.3) is 27.8 Å². The van der Waals surface area contributed by atoms with Crippen molar-refractivity contribution >= 4 is 17.0 Å². The number of rotatable bonds is 3. The fraction of sp³-hybridized carbons (Fsp3) is 0.0556. The van der Waals surface area contributed by atoms with E-state index in [9.17, 15) is 18.0 Å². The van der Waals surface area contributed by atoms with Crippen LogP contribution in [0.4, 0.5) is 13.2 Å². The highest BCUT2D eigenvalue weighted by atomic mass is 19.4. The minimum Gasteiger partial charge on any atom is -0.420 e. The number of pyridine rings is 1. The number of nitrogens with one attached hydrogen (secondary N) is 1. The Labute approximate surface area is 150 Å². The summed E-state index contributed by atoms with van der Waals surface area (Å²) >= 11 is 0. The van der Waals surface area contributed by atoms with Crippen LogP contribution in [0, 0.1) is 0 Å². The quantitative estimate of drug-likeness (QED) is 0.438. The Morgan fingerprint density at radius 3 is 2.59 bits per heavy atom. The molecule has 9 heteroatoms. The molecule has 0 aliphatic heterocycles. The molecule has 0 aliphatic rings. The highest BCUT2D eigenvalue weighted by molar-refractivity contribution is 5.84. The summed E-state index contributed by atoms with van der Waals surface area (Å²) in [5.41, 5.74) is 3.04. The highest BCUT2D eigenvalue weighted by Crippen LogP contribution is 2.26. The van der Waals surface area contributed by atoms with Crippen molar-refractivity contribution in [2.45, 2.75) is 6.18 Å². The number of nitrogens with zero attached hydrogens (tertiary/aromatic N) is 3. The van der Waals surface area contributed by atoms with Gasteiger partial charge in [-0.1, -0.05) is 12.1 Å². The standard InChI is InChI=1S/C18H11F3N4O2/c19-18(20,21)17(26)27-13-3-1-11(2-4-13)12-9-24-25(10-12)15-6-8-23-16-14(15)5-7-22-16/h1-10H,(H,22,23). The Morgan fingerprint density at radius 2 is 1.85 bits per heavy atom. The first-order valence-corrected chi connectivity index (χ1v) is 7.78. The zero-order chi connectivity index (χ0) is 19.0. The fourth-order valence-corrected chi connectivity index (χ4v) is 2.63. The molecular weight excluding hydrogens is 361 g/mol. The van der Waals surface area contributed by atoms with Crippen molar-refractivity contribution in [2.75, 3.05) is 0 Å². The lowest BCUT2D eigenvalue weighted by atomic mass is 10.1. The number of alkyl halides is 3. The van der Waals surface area contributed by atoms with Crippen molar-refractivity contribution in [1.29, 1.82) is 0 Å². The van der Waals surface area contributed by atoms with Crippen molar-refractivity contribution in [2.24, 2.45) is 0 Å². The molecule has 0 fully saturated rings. The van der Waals surface area contributed by atoms with Crippen LogP contribution in [0.5, 0.6) is 5.75 Å². The Hall–Kier alpha value is -3.62. The number of hydrogen-bond donors (Lipinski definition) is 1. The molecule has 0 saturated heterocycles. The van der Waals surface area contributed by atoms with Gasteiger partial charge >= 0.3 is 12.1 Å². The van der Waals surface area contributed by atoms with Gasteiger partial charge in [0.15, 0.2) is 0 Å². The summed E-state index contributed by atoms with van der Waals surface area (Å²) in [4.78, 5) is 18.1. The Balaban J connectivity index is 1.59. The molecule has 0 aliphatic carbocycles. The predicted molar refractivity (Wildman–Crippen MR) is 90.3 cm³/mol. The van der Waals surface area contributed by atoms with Gasteiger partial charge < -0.3 is 9.72 Å². The highest BCUT2D eigenvalue weighted by Gasteiger charge is 2.41. The molecule has 136 valence electrons. The van der Waals surface area contributed by atoms with E-state index in [1.165, 1.54) is 12.1 Å². The normalized spacial score (nSPS) is 11.7. The second kappa shape index (κ2) is 6.27. The van der Waals surface area contributed by atoms with Crippen LogP contribution in [0.1, 0.15) is 0 Å². The average Bonchev–Trinajstić information content (AvgIpc) is 3.31. The minimum atomic E-state index is -5.03. The molecule has 4 aromatic rings. The van der Waals surface area contributed by atoms with E-state index in [1.54, 1.807) is 41.6 Å². The number of carbonyl (C=O) groups is 1. The first-order chi connectivity index (χ1) is 12.9. The second-order valence-electron chi connectivity index (χ2n) is 5.66. The average molecular weight is 372 g/mol. The SMILES string of the molecule is O=C(Oc1ccc(-c2cnn(-c3ccnc4[nH]ccc34)c2)cc1)C(F)(F)F. The summed E-state index contributed by atoms with van der Waals surface area (Å²) in [6.07, 6.45) is 1.84. The number of fused-ring (bicyclic) bond motifs is 1. The Bertz CT molecular complexity index is 1110. The summed E-state index contributed by atoms with van der Waals surface area (Å²) in [5, 5.41) is 5.24. The Kier molecular flexibility index (Phi) is 3.91. The van der Waals surface area contributed by atoms with Gasteiger partial charge in [-0.05, 0) is 29.8 Å². The van der Waals surface area contributed by atoms with E-state index in [2.05, 4.69) is 19.8 Å². The molecule has 27 heavy (non-hydrogen) atoms. The van der Waals surface area contributed by atoms with E-state index >= 15 is 0 Å². The zero-order valence-electron chi connectivity index (χ0n) is 13.6. The van der Waals surface area contributed by atoms with E-state index in [4.69, 9.17) is 0 Å². The van der Waals surface area contributed by atoms with E-state index in [1.807, 2.05) is 12.1 Å². The second-order valence-corrected chi connectivity index (χ2v) is 5.66. The number of carbonyl (C=O) groups excluding carboxylic acids is 1. The third-order valence-electron chi connectivity index (χ3n) is 3.90. The fourth-order valence-electron chi connectivity index (χ4n) is 2.63. The lowest BCUT2D eigenvalue weighted by Gasteiger charge is -2.07. The number of esters is 1. The number of ether oxygens (including phenoxy) is 1. The lowest BCUT2D eigenvalue weighted by molar-refractivity contribution is -0.189. The predicted octanol–water partition coefficient (Wildman–Crippen LogP) is 3.88. The molecule has 0 spiro atoms. The molecule has 3 heterocycles. The van der Waals surface area contributed by atoms with Gasteiger partial charge in [0, 0.05) is 29.5 Å². The third-order valence-corrected chi connectivity index (χ3v) is 3.90. The lowest BCUT2D eigenvalue weighted by Crippen LogP contribution is -2.27. The van der Waals surface area contributed by atoms with Gasteiger partial charge in [0.1, 0.15) is 11.4 Å².